The molecule has 2 aliphatic carbocycles. The second kappa shape index (κ2) is 3.25. The van der Waals surface area contributed by atoms with Gasteiger partial charge in [-0.25, -0.2) is 0 Å². The molecule has 0 amide bonds. The summed E-state index contributed by atoms with van der Waals surface area (Å²) in [4.78, 5) is 0. The molecule has 2 heteroatoms. The van der Waals surface area contributed by atoms with Gasteiger partial charge in [0.2, 0.25) is 0 Å². The van der Waals surface area contributed by atoms with Crippen molar-refractivity contribution in [1.29, 1.82) is 0 Å². The average Bonchev–Trinajstić information content (AvgIpc) is 2.73. The van der Waals surface area contributed by atoms with Crippen LogP contribution >= 0.6 is 0 Å². The summed E-state index contributed by atoms with van der Waals surface area (Å²) >= 11 is 0. The van der Waals surface area contributed by atoms with E-state index in [1.165, 1.54) is 12.8 Å². The van der Waals surface area contributed by atoms with Gasteiger partial charge in [0.25, 0.3) is 0 Å². The first-order chi connectivity index (χ1) is 6.22. The first-order valence-electron chi connectivity index (χ1n) is 5.56. The normalized spacial score (nSPS) is 30.9. The van der Waals surface area contributed by atoms with E-state index in [0.717, 1.165) is 38.5 Å². The van der Waals surface area contributed by atoms with Gasteiger partial charge in [-0.2, -0.15) is 0 Å². The van der Waals surface area contributed by atoms with Crippen LogP contribution in [0.25, 0.3) is 0 Å². The van der Waals surface area contributed by atoms with Crippen molar-refractivity contribution in [2.45, 2.75) is 57.0 Å². The second-order valence-electron chi connectivity index (χ2n) is 4.88. The minimum Gasteiger partial charge on any atom is -0.396 e. The Labute approximate surface area is 80.0 Å². The summed E-state index contributed by atoms with van der Waals surface area (Å²) in [5.41, 5.74) is -0.665. The monoisotopic (exact) mass is 184 g/mol. The van der Waals surface area contributed by atoms with E-state index in [1.807, 2.05) is 0 Å². The quantitative estimate of drug-likeness (QED) is 0.687. The average molecular weight is 184 g/mol. The van der Waals surface area contributed by atoms with Crippen molar-refractivity contribution in [2.24, 2.45) is 5.41 Å². The molecule has 2 N–H and O–H groups in total. The van der Waals surface area contributed by atoms with Gasteiger partial charge in [0.1, 0.15) is 0 Å². The molecule has 0 unspecified atom stereocenters. The van der Waals surface area contributed by atoms with E-state index in [1.54, 1.807) is 0 Å². The van der Waals surface area contributed by atoms with Crippen LogP contribution in [0.5, 0.6) is 0 Å². The lowest BCUT2D eigenvalue weighted by atomic mass is 9.70. The predicted molar refractivity (Wildman–Crippen MR) is 51.4 cm³/mol. The minimum absolute atomic E-state index is 0.135. The van der Waals surface area contributed by atoms with E-state index < -0.39 is 5.60 Å². The van der Waals surface area contributed by atoms with Crippen LogP contribution < -0.4 is 0 Å². The molecule has 0 bridgehead atoms. The van der Waals surface area contributed by atoms with Crippen molar-refractivity contribution in [3.63, 3.8) is 0 Å². The molecule has 0 atom stereocenters. The van der Waals surface area contributed by atoms with Crippen LogP contribution in [-0.4, -0.2) is 22.4 Å². The lowest BCUT2D eigenvalue weighted by molar-refractivity contribution is -0.102. The Bertz CT molecular complexity index is 177. The highest BCUT2D eigenvalue weighted by Crippen LogP contribution is 2.52. The van der Waals surface area contributed by atoms with Gasteiger partial charge in [-0.15, -0.1) is 0 Å². The summed E-state index contributed by atoms with van der Waals surface area (Å²) in [6, 6.07) is 0. The van der Waals surface area contributed by atoms with E-state index >= 15 is 0 Å². The molecule has 2 rings (SSSR count). The Balaban J connectivity index is 2.18. The fourth-order valence-corrected chi connectivity index (χ4v) is 3.31. The van der Waals surface area contributed by atoms with Crippen LogP contribution in [0.1, 0.15) is 51.4 Å². The zero-order valence-corrected chi connectivity index (χ0v) is 8.26. The van der Waals surface area contributed by atoms with Crippen LogP contribution in [0.3, 0.4) is 0 Å². The molecule has 0 aromatic heterocycles. The van der Waals surface area contributed by atoms with Gasteiger partial charge < -0.3 is 10.2 Å². The number of aliphatic hydroxyl groups is 2. The fourth-order valence-electron chi connectivity index (χ4n) is 3.31. The fraction of sp³-hybridized carbons (Fsp3) is 1.00. The topological polar surface area (TPSA) is 40.5 Å². The highest BCUT2D eigenvalue weighted by atomic mass is 16.3. The van der Waals surface area contributed by atoms with Crippen molar-refractivity contribution in [3.8, 4) is 0 Å². The molecule has 0 heterocycles. The summed E-state index contributed by atoms with van der Waals surface area (Å²) in [5, 5.41) is 20.0. The number of aliphatic hydroxyl groups excluding tert-OH is 1. The number of hydrogen-bond donors (Lipinski definition) is 2. The van der Waals surface area contributed by atoms with Crippen LogP contribution in [-0.2, 0) is 0 Å². The molecule has 2 saturated carbocycles. The molecule has 2 nitrogen and oxygen atoms in total. The highest BCUT2D eigenvalue weighted by Gasteiger charge is 2.52. The third kappa shape index (κ3) is 1.31. The summed E-state index contributed by atoms with van der Waals surface area (Å²) in [6.07, 6.45) is 8.52. The minimum atomic E-state index is -0.530. The smallest absolute Gasteiger partial charge is 0.0725 e. The Morgan fingerprint density at radius 1 is 0.846 bits per heavy atom. The summed E-state index contributed by atoms with van der Waals surface area (Å²) in [5.74, 6) is 0. The molecule has 0 aromatic carbocycles. The molecule has 0 radical (unpaired) electrons. The van der Waals surface area contributed by atoms with E-state index in [2.05, 4.69) is 0 Å². The third-order valence-corrected chi connectivity index (χ3v) is 4.28. The van der Waals surface area contributed by atoms with Crippen LogP contribution in [0.15, 0.2) is 0 Å². The van der Waals surface area contributed by atoms with E-state index in [0.29, 0.717) is 0 Å². The highest BCUT2D eigenvalue weighted by molar-refractivity contribution is 5.03. The second-order valence-corrected chi connectivity index (χ2v) is 4.88. The summed E-state index contributed by atoms with van der Waals surface area (Å²) in [7, 11) is 0. The summed E-state index contributed by atoms with van der Waals surface area (Å²) < 4.78 is 0. The van der Waals surface area contributed by atoms with Gasteiger partial charge in [-0.05, 0) is 25.7 Å². The molecule has 2 aliphatic rings. The molecule has 0 saturated heterocycles. The Morgan fingerprint density at radius 2 is 1.31 bits per heavy atom. The van der Waals surface area contributed by atoms with Crippen molar-refractivity contribution in [1.82, 2.24) is 0 Å². The Hall–Kier alpha value is -0.0800. The van der Waals surface area contributed by atoms with Crippen molar-refractivity contribution in [2.75, 3.05) is 6.61 Å². The van der Waals surface area contributed by atoms with Gasteiger partial charge in [0.05, 0.1) is 12.2 Å². The largest absolute Gasteiger partial charge is 0.396 e. The molecule has 0 aliphatic heterocycles. The van der Waals surface area contributed by atoms with Gasteiger partial charge in [0, 0.05) is 5.41 Å². The maximum Gasteiger partial charge on any atom is 0.0725 e. The molecule has 2 fully saturated rings. The van der Waals surface area contributed by atoms with Gasteiger partial charge in [-0.3, -0.25) is 0 Å². The zero-order chi connectivity index (χ0) is 9.36. The maximum absolute atomic E-state index is 10.5. The van der Waals surface area contributed by atoms with Gasteiger partial charge in [-0.1, -0.05) is 25.7 Å². The molecular weight excluding hydrogens is 164 g/mol. The van der Waals surface area contributed by atoms with E-state index in [-0.39, 0.29) is 12.0 Å². The SMILES string of the molecule is OCC1(C2(O)CCCC2)CCCC1. The molecule has 76 valence electrons. The molecule has 0 aromatic rings. The first kappa shape index (κ1) is 9.47. The maximum atomic E-state index is 10.5. The molecule has 13 heavy (non-hydrogen) atoms. The summed E-state index contributed by atoms with van der Waals surface area (Å²) in [6.45, 7) is 0.184. The number of hydrogen-bond acceptors (Lipinski definition) is 2. The number of rotatable bonds is 2. The Kier molecular flexibility index (Phi) is 2.37. The predicted octanol–water partition coefficient (Wildman–Crippen LogP) is 1.84. The lowest BCUT2D eigenvalue weighted by Crippen LogP contribution is -2.47. The van der Waals surface area contributed by atoms with Crippen LogP contribution in [0, 0.1) is 5.41 Å². The zero-order valence-electron chi connectivity index (χ0n) is 8.26. The van der Waals surface area contributed by atoms with Crippen LogP contribution in [0.4, 0.5) is 0 Å². The Morgan fingerprint density at radius 3 is 1.77 bits per heavy atom. The van der Waals surface area contributed by atoms with Crippen molar-refractivity contribution < 1.29 is 10.2 Å². The van der Waals surface area contributed by atoms with Crippen molar-refractivity contribution >= 4 is 0 Å². The van der Waals surface area contributed by atoms with E-state index in [4.69, 9.17) is 0 Å². The lowest BCUT2D eigenvalue weighted by Gasteiger charge is -2.41. The van der Waals surface area contributed by atoms with Crippen molar-refractivity contribution in [3.05, 3.63) is 0 Å². The van der Waals surface area contributed by atoms with Gasteiger partial charge >= 0.3 is 0 Å². The first-order valence-corrected chi connectivity index (χ1v) is 5.56. The third-order valence-electron chi connectivity index (χ3n) is 4.28. The standard InChI is InChI=1S/C11H20O2/c12-9-10(5-1-2-6-10)11(13)7-3-4-8-11/h12-13H,1-9H2. The van der Waals surface area contributed by atoms with E-state index in [9.17, 15) is 10.2 Å². The van der Waals surface area contributed by atoms with Crippen LogP contribution in [0.2, 0.25) is 0 Å². The van der Waals surface area contributed by atoms with Gasteiger partial charge in [0.15, 0.2) is 0 Å². The molecule has 0 spiro atoms. The molecular formula is C11H20O2.